The van der Waals surface area contributed by atoms with Crippen molar-refractivity contribution in [2.24, 2.45) is 0 Å². The Morgan fingerprint density at radius 3 is 2.46 bits per heavy atom. The smallest absolute Gasteiger partial charge is 0.243 e. The van der Waals surface area contributed by atoms with Gasteiger partial charge in [0.25, 0.3) is 0 Å². The number of hydrogen-bond acceptors (Lipinski definition) is 4. The van der Waals surface area contributed by atoms with Crippen molar-refractivity contribution >= 4 is 39.8 Å². The molecule has 0 radical (unpaired) electrons. The van der Waals surface area contributed by atoms with Crippen LogP contribution in [0.15, 0.2) is 64.9 Å². The highest BCUT2D eigenvalue weighted by Crippen LogP contribution is 2.30. The zero-order chi connectivity index (χ0) is 16.9. The van der Waals surface area contributed by atoms with Crippen molar-refractivity contribution in [2.75, 3.05) is 10.7 Å². The molecule has 0 saturated carbocycles. The Labute approximate surface area is 150 Å². The third-order valence-corrected chi connectivity index (χ3v) is 5.61. The molecule has 1 heterocycles. The second kappa shape index (κ2) is 7.64. The molecule has 2 aromatic carbocycles. The number of carbonyl (C=O) groups excluding carboxylic acids is 1. The maximum absolute atomic E-state index is 12.9. The molecular formula is C19H18N2OS2. The number of rotatable bonds is 5. The Morgan fingerprint density at radius 2 is 1.79 bits per heavy atom. The van der Waals surface area contributed by atoms with E-state index < -0.39 is 0 Å². The SMILES string of the molecule is Cc1csc(N(C(=O)CSc2ccccc2C)c2ccccc2)n1. The van der Waals surface area contributed by atoms with Gasteiger partial charge in [0.2, 0.25) is 5.91 Å². The number of aromatic nitrogens is 1. The zero-order valence-electron chi connectivity index (χ0n) is 13.6. The minimum absolute atomic E-state index is 0.0313. The lowest BCUT2D eigenvalue weighted by Crippen LogP contribution is -2.27. The number of carbonyl (C=O) groups is 1. The fourth-order valence-electron chi connectivity index (χ4n) is 2.30. The number of anilines is 2. The van der Waals surface area contributed by atoms with Gasteiger partial charge in [-0.05, 0) is 37.6 Å². The summed E-state index contributed by atoms with van der Waals surface area (Å²) in [6.45, 7) is 4.00. The molecule has 1 amide bonds. The van der Waals surface area contributed by atoms with Crippen molar-refractivity contribution in [1.82, 2.24) is 4.98 Å². The quantitative estimate of drug-likeness (QED) is 0.589. The first-order valence-electron chi connectivity index (χ1n) is 7.64. The summed E-state index contributed by atoms with van der Waals surface area (Å²) in [7, 11) is 0. The standard InChI is InChI=1S/C19H18N2OS2/c1-14-8-6-7-11-17(14)23-13-18(22)21(16-9-4-3-5-10-16)19-20-15(2)12-24-19/h3-12H,13H2,1-2H3. The molecule has 0 spiro atoms. The first-order chi connectivity index (χ1) is 11.6. The van der Waals surface area contributed by atoms with E-state index in [0.29, 0.717) is 10.9 Å². The fraction of sp³-hybridized carbons (Fsp3) is 0.158. The molecule has 0 bridgehead atoms. The number of hydrogen-bond donors (Lipinski definition) is 0. The molecule has 0 unspecified atom stereocenters. The summed E-state index contributed by atoms with van der Waals surface area (Å²) in [5.41, 5.74) is 2.96. The van der Waals surface area contributed by atoms with Crippen LogP contribution < -0.4 is 4.90 Å². The summed E-state index contributed by atoms with van der Waals surface area (Å²) >= 11 is 3.06. The number of nitrogens with zero attached hydrogens (tertiary/aromatic N) is 2. The van der Waals surface area contributed by atoms with Crippen LogP contribution in [0.5, 0.6) is 0 Å². The summed E-state index contributed by atoms with van der Waals surface area (Å²) in [5, 5.41) is 2.68. The van der Waals surface area contributed by atoms with E-state index in [0.717, 1.165) is 16.3 Å². The third kappa shape index (κ3) is 3.86. The number of benzene rings is 2. The summed E-state index contributed by atoms with van der Waals surface area (Å²) < 4.78 is 0. The van der Waals surface area contributed by atoms with Crippen LogP contribution in [0, 0.1) is 13.8 Å². The largest absolute Gasteiger partial charge is 0.273 e. The van der Waals surface area contributed by atoms with Gasteiger partial charge in [0.05, 0.1) is 17.1 Å². The topological polar surface area (TPSA) is 33.2 Å². The molecule has 0 N–H and O–H groups in total. The van der Waals surface area contributed by atoms with Crippen LogP contribution in [0.1, 0.15) is 11.3 Å². The highest BCUT2D eigenvalue weighted by molar-refractivity contribution is 8.00. The van der Waals surface area contributed by atoms with Crippen molar-refractivity contribution in [3.8, 4) is 0 Å². The van der Waals surface area contributed by atoms with E-state index in [1.807, 2.05) is 60.8 Å². The molecule has 3 aromatic rings. The Hall–Kier alpha value is -2.11. The molecule has 0 aliphatic rings. The van der Waals surface area contributed by atoms with Crippen LogP contribution in [0.4, 0.5) is 10.8 Å². The van der Waals surface area contributed by atoms with Crippen LogP contribution >= 0.6 is 23.1 Å². The molecule has 0 fully saturated rings. The lowest BCUT2D eigenvalue weighted by Gasteiger charge is -2.20. The van der Waals surface area contributed by atoms with Gasteiger partial charge in [-0.3, -0.25) is 9.69 Å². The molecule has 3 nitrogen and oxygen atoms in total. The van der Waals surface area contributed by atoms with Crippen molar-refractivity contribution in [3.05, 3.63) is 71.2 Å². The number of thiazole rings is 1. The minimum Gasteiger partial charge on any atom is -0.273 e. The summed E-state index contributed by atoms with van der Waals surface area (Å²) in [6, 6.07) is 17.8. The van der Waals surface area contributed by atoms with Crippen molar-refractivity contribution in [1.29, 1.82) is 0 Å². The van der Waals surface area contributed by atoms with Gasteiger partial charge in [-0.1, -0.05) is 36.4 Å². The minimum atomic E-state index is 0.0313. The number of para-hydroxylation sites is 1. The molecule has 122 valence electrons. The predicted octanol–water partition coefficient (Wildman–Crippen LogP) is 5.22. The number of thioether (sulfide) groups is 1. The van der Waals surface area contributed by atoms with Crippen LogP contribution in [0.3, 0.4) is 0 Å². The Morgan fingerprint density at radius 1 is 1.08 bits per heavy atom. The predicted molar refractivity (Wildman–Crippen MR) is 102 cm³/mol. The highest BCUT2D eigenvalue weighted by Gasteiger charge is 2.21. The van der Waals surface area contributed by atoms with Crippen LogP contribution in [0.2, 0.25) is 0 Å². The van der Waals surface area contributed by atoms with Crippen LogP contribution in [-0.2, 0) is 4.79 Å². The van der Waals surface area contributed by atoms with E-state index in [4.69, 9.17) is 0 Å². The summed E-state index contributed by atoms with van der Waals surface area (Å²) in [6.07, 6.45) is 0. The summed E-state index contributed by atoms with van der Waals surface area (Å²) in [4.78, 5) is 20.2. The first-order valence-corrected chi connectivity index (χ1v) is 9.50. The van der Waals surface area contributed by atoms with E-state index >= 15 is 0 Å². The molecule has 0 atom stereocenters. The second-order valence-corrected chi connectivity index (χ2v) is 7.24. The third-order valence-electron chi connectivity index (χ3n) is 3.51. The molecule has 5 heteroatoms. The molecule has 0 aliphatic carbocycles. The second-order valence-electron chi connectivity index (χ2n) is 5.39. The first kappa shape index (κ1) is 16.7. The number of amides is 1. The molecule has 24 heavy (non-hydrogen) atoms. The normalized spacial score (nSPS) is 10.6. The monoisotopic (exact) mass is 354 g/mol. The van der Waals surface area contributed by atoms with Gasteiger partial charge >= 0.3 is 0 Å². The van der Waals surface area contributed by atoms with E-state index in [9.17, 15) is 4.79 Å². The Balaban J connectivity index is 1.83. The van der Waals surface area contributed by atoms with Gasteiger partial charge in [-0.15, -0.1) is 23.1 Å². The van der Waals surface area contributed by atoms with E-state index in [2.05, 4.69) is 18.0 Å². The van der Waals surface area contributed by atoms with Crippen LogP contribution in [-0.4, -0.2) is 16.6 Å². The maximum Gasteiger partial charge on any atom is 0.243 e. The number of aryl methyl sites for hydroxylation is 2. The lowest BCUT2D eigenvalue weighted by atomic mass is 10.2. The van der Waals surface area contributed by atoms with E-state index in [1.54, 1.807) is 16.7 Å². The van der Waals surface area contributed by atoms with Crippen molar-refractivity contribution < 1.29 is 4.79 Å². The Kier molecular flexibility index (Phi) is 5.33. The maximum atomic E-state index is 12.9. The fourth-order valence-corrected chi connectivity index (χ4v) is 4.02. The molecule has 0 aliphatic heterocycles. The van der Waals surface area contributed by atoms with E-state index in [1.165, 1.54) is 16.9 Å². The van der Waals surface area contributed by atoms with Gasteiger partial charge < -0.3 is 0 Å². The van der Waals surface area contributed by atoms with Gasteiger partial charge in [0.1, 0.15) is 0 Å². The van der Waals surface area contributed by atoms with Crippen LogP contribution in [0.25, 0.3) is 0 Å². The summed E-state index contributed by atoms with van der Waals surface area (Å²) in [5.74, 6) is 0.405. The Bertz CT molecular complexity index is 830. The van der Waals surface area contributed by atoms with Gasteiger partial charge in [-0.25, -0.2) is 4.98 Å². The van der Waals surface area contributed by atoms with Crippen molar-refractivity contribution in [2.45, 2.75) is 18.7 Å². The van der Waals surface area contributed by atoms with Gasteiger partial charge in [0.15, 0.2) is 5.13 Å². The zero-order valence-corrected chi connectivity index (χ0v) is 15.2. The highest BCUT2D eigenvalue weighted by atomic mass is 32.2. The van der Waals surface area contributed by atoms with Gasteiger partial charge in [-0.2, -0.15) is 0 Å². The average Bonchev–Trinajstić information content (AvgIpc) is 3.01. The van der Waals surface area contributed by atoms with Gasteiger partial charge in [0, 0.05) is 10.3 Å². The molecule has 0 saturated heterocycles. The van der Waals surface area contributed by atoms with Crippen molar-refractivity contribution in [3.63, 3.8) is 0 Å². The molecular weight excluding hydrogens is 336 g/mol. The molecule has 1 aromatic heterocycles. The van der Waals surface area contributed by atoms with E-state index in [-0.39, 0.29) is 5.91 Å². The lowest BCUT2D eigenvalue weighted by molar-refractivity contribution is -0.115. The molecule has 3 rings (SSSR count). The average molecular weight is 355 g/mol.